The molecule has 0 radical (unpaired) electrons. The monoisotopic (exact) mass is 252 g/mol. The number of hydrogen-bond donors (Lipinski definition) is 2. The summed E-state index contributed by atoms with van der Waals surface area (Å²) in [5.74, 6) is 1.51. The van der Waals surface area contributed by atoms with Crippen LogP contribution in [-0.4, -0.2) is 34.0 Å². The van der Waals surface area contributed by atoms with Gasteiger partial charge in [0.15, 0.2) is 0 Å². The second kappa shape index (κ2) is 5.14. The molecule has 1 aliphatic heterocycles. The summed E-state index contributed by atoms with van der Waals surface area (Å²) < 4.78 is 15.9. The van der Waals surface area contributed by atoms with Crippen molar-refractivity contribution >= 4 is 0 Å². The van der Waals surface area contributed by atoms with Crippen LogP contribution in [0.25, 0.3) is 0 Å². The van der Waals surface area contributed by atoms with Crippen LogP contribution in [0, 0.1) is 5.41 Å². The van der Waals surface area contributed by atoms with E-state index in [1.807, 2.05) is 18.2 Å². The van der Waals surface area contributed by atoms with E-state index in [2.05, 4.69) is 0 Å². The predicted molar refractivity (Wildman–Crippen MR) is 68.8 cm³/mol. The van der Waals surface area contributed by atoms with Crippen molar-refractivity contribution in [1.29, 1.82) is 0 Å². The average Bonchev–Trinajstić information content (AvgIpc) is 2.37. The molecule has 5 heteroatoms. The van der Waals surface area contributed by atoms with Crippen LogP contribution in [0.3, 0.4) is 0 Å². The highest BCUT2D eigenvalue weighted by Gasteiger charge is 2.44. The summed E-state index contributed by atoms with van der Waals surface area (Å²) >= 11 is 0. The second-order valence-electron chi connectivity index (χ2n) is 4.64. The maximum absolute atomic E-state index is 6.35. The van der Waals surface area contributed by atoms with Gasteiger partial charge in [0.1, 0.15) is 11.5 Å². The predicted octanol–water partition coefficient (Wildman–Crippen LogP) is 0.679. The molecule has 5 nitrogen and oxygen atoms in total. The average molecular weight is 252 g/mol. The van der Waals surface area contributed by atoms with Gasteiger partial charge in [0, 0.05) is 23.6 Å². The first-order valence-electron chi connectivity index (χ1n) is 5.92. The number of ether oxygens (including phenoxy) is 3. The Morgan fingerprint density at radius 3 is 2.50 bits per heavy atom. The molecule has 0 saturated carbocycles. The van der Waals surface area contributed by atoms with Gasteiger partial charge >= 0.3 is 0 Å². The van der Waals surface area contributed by atoms with Crippen molar-refractivity contribution in [2.45, 2.75) is 6.04 Å². The van der Waals surface area contributed by atoms with Crippen molar-refractivity contribution in [3.05, 3.63) is 23.8 Å². The molecule has 2 rings (SSSR count). The Kier molecular flexibility index (Phi) is 3.75. The third kappa shape index (κ3) is 2.05. The van der Waals surface area contributed by atoms with E-state index in [0.717, 1.165) is 17.1 Å². The zero-order valence-electron chi connectivity index (χ0n) is 10.8. The van der Waals surface area contributed by atoms with Gasteiger partial charge in [-0.2, -0.15) is 0 Å². The van der Waals surface area contributed by atoms with Crippen LogP contribution >= 0.6 is 0 Å². The molecule has 100 valence electrons. The van der Waals surface area contributed by atoms with Crippen molar-refractivity contribution in [3.63, 3.8) is 0 Å². The van der Waals surface area contributed by atoms with E-state index >= 15 is 0 Å². The Bertz CT molecular complexity index is 413. The van der Waals surface area contributed by atoms with E-state index < -0.39 is 0 Å². The minimum absolute atomic E-state index is 0.195. The minimum atomic E-state index is -0.221. The molecule has 1 heterocycles. The molecule has 1 saturated heterocycles. The summed E-state index contributed by atoms with van der Waals surface area (Å²) in [5, 5.41) is 0. The molecule has 1 aliphatic rings. The smallest absolute Gasteiger partial charge is 0.123 e. The SMILES string of the molecule is COc1ccc(OC)c(C(N)C2(CN)COC2)c1. The maximum Gasteiger partial charge on any atom is 0.123 e. The van der Waals surface area contributed by atoms with Gasteiger partial charge in [-0.15, -0.1) is 0 Å². The molecule has 0 spiro atoms. The first-order valence-corrected chi connectivity index (χ1v) is 5.92. The van der Waals surface area contributed by atoms with Crippen molar-refractivity contribution in [2.24, 2.45) is 16.9 Å². The van der Waals surface area contributed by atoms with E-state index in [0.29, 0.717) is 19.8 Å². The number of methoxy groups -OCH3 is 2. The van der Waals surface area contributed by atoms with Crippen LogP contribution in [0.2, 0.25) is 0 Å². The summed E-state index contributed by atoms with van der Waals surface area (Å²) in [5.41, 5.74) is 12.9. The van der Waals surface area contributed by atoms with Gasteiger partial charge < -0.3 is 25.7 Å². The maximum atomic E-state index is 6.35. The van der Waals surface area contributed by atoms with Crippen molar-refractivity contribution in [3.8, 4) is 11.5 Å². The van der Waals surface area contributed by atoms with E-state index in [1.54, 1.807) is 14.2 Å². The summed E-state index contributed by atoms with van der Waals surface area (Å²) in [7, 11) is 3.26. The first-order chi connectivity index (χ1) is 8.66. The summed E-state index contributed by atoms with van der Waals surface area (Å²) in [6.07, 6.45) is 0. The molecule has 4 N–H and O–H groups in total. The highest BCUT2D eigenvalue weighted by atomic mass is 16.5. The van der Waals surface area contributed by atoms with E-state index in [-0.39, 0.29) is 11.5 Å². The molecule has 1 atom stereocenters. The molecule has 1 fully saturated rings. The quantitative estimate of drug-likeness (QED) is 0.805. The van der Waals surface area contributed by atoms with Crippen LogP contribution in [0.1, 0.15) is 11.6 Å². The number of rotatable bonds is 5. The molecule has 1 aromatic carbocycles. The highest BCUT2D eigenvalue weighted by molar-refractivity contribution is 5.43. The van der Waals surface area contributed by atoms with E-state index in [4.69, 9.17) is 25.7 Å². The lowest BCUT2D eigenvalue weighted by Gasteiger charge is -2.45. The molecular formula is C13H20N2O3. The fourth-order valence-electron chi connectivity index (χ4n) is 2.20. The van der Waals surface area contributed by atoms with E-state index in [1.165, 1.54) is 0 Å². The van der Waals surface area contributed by atoms with Crippen LogP contribution in [0.5, 0.6) is 11.5 Å². The molecule has 0 aromatic heterocycles. The molecule has 0 aliphatic carbocycles. The Labute approximate surface area is 107 Å². The molecule has 18 heavy (non-hydrogen) atoms. The third-order valence-electron chi connectivity index (χ3n) is 3.62. The Morgan fingerprint density at radius 1 is 1.33 bits per heavy atom. The fourth-order valence-corrected chi connectivity index (χ4v) is 2.20. The zero-order chi connectivity index (χ0) is 13.2. The van der Waals surface area contributed by atoms with Gasteiger partial charge in [-0.25, -0.2) is 0 Å². The van der Waals surface area contributed by atoms with Crippen molar-refractivity contribution < 1.29 is 14.2 Å². The third-order valence-corrected chi connectivity index (χ3v) is 3.62. The Balaban J connectivity index is 2.35. The van der Waals surface area contributed by atoms with Crippen LogP contribution in [0.15, 0.2) is 18.2 Å². The normalized spacial score (nSPS) is 18.9. The highest BCUT2D eigenvalue weighted by Crippen LogP contribution is 2.42. The molecular weight excluding hydrogens is 232 g/mol. The lowest BCUT2D eigenvalue weighted by molar-refractivity contribution is -0.121. The first kappa shape index (κ1) is 13.1. The van der Waals surface area contributed by atoms with Crippen LogP contribution in [-0.2, 0) is 4.74 Å². The van der Waals surface area contributed by atoms with Crippen molar-refractivity contribution in [1.82, 2.24) is 0 Å². The fraction of sp³-hybridized carbons (Fsp3) is 0.538. The topological polar surface area (TPSA) is 79.7 Å². The standard InChI is InChI=1S/C13H20N2O3/c1-16-9-3-4-11(17-2)10(5-9)12(15)13(6-14)7-18-8-13/h3-5,12H,6-8,14-15H2,1-2H3. The van der Waals surface area contributed by atoms with Gasteiger partial charge in [0.2, 0.25) is 0 Å². The molecule has 1 unspecified atom stereocenters. The van der Waals surface area contributed by atoms with Gasteiger partial charge in [-0.1, -0.05) is 0 Å². The summed E-state index contributed by atoms with van der Waals surface area (Å²) in [4.78, 5) is 0. The lowest BCUT2D eigenvalue weighted by Crippen LogP contribution is -2.54. The van der Waals surface area contributed by atoms with E-state index in [9.17, 15) is 0 Å². The second-order valence-corrected chi connectivity index (χ2v) is 4.64. The zero-order valence-corrected chi connectivity index (χ0v) is 10.8. The molecule has 0 amide bonds. The number of nitrogens with two attached hydrogens (primary N) is 2. The minimum Gasteiger partial charge on any atom is -0.497 e. The van der Waals surface area contributed by atoms with Crippen LogP contribution in [0.4, 0.5) is 0 Å². The Hall–Kier alpha value is -1.30. The number of hydrogen-bond acceptors (Lipinski definition) is 5. The lowest BCUT2D eigenvalue weighted by atomic mass is 9.75. The summed E-state index contributed by atoms with van der Waals surface area (Å²) in [6.45, 7) is 1.67. The summed E-state index contributed by atoms with van der Waals surface area (Å²) in [6, 6.07) is 5.39. The van der Waals surface area contributed by atoms with Gasteiger partial charge in [0.05, 0.1) is 27.4 Å². The van der Waals surface area contributed by atoms with Gasteiger partial charge in [-0.05, 0) is 18.2 Å². The Morgan fingerprint density at radius 2 is 2.06 bits per heavy atom. The molecule has 0 bridgehead atoms. The van der Waals surface area contributed by atoms with Crippen LogP contribution < -0.4 is 20.9 Å². The largest absolute Gasteiger partial charge is 0.497 e. The van der Waals surface area contributed by atoms with Gasteiger partial charge in [0.25, 0.3) is 0 Å². The van der Waals surface area contributed by atoms with Crippen molar-refractivity contribution in [2.75, 3.05) is 34.0 Å². The molecule has 1 aromatic rings. The van der Waals surface area contributed by atoms with Gasteiger partial charge in [-0.3, -0.25) is 0 Å². The number of benzene rings is 1.